The molecule has 1 unspecified atom stereocenters. The molecule has 4 nitrogen and oxygen atoms in total. The fourth-order valence-corrected chi connectivity index (χ4v) is 2.42. The number of carboxylic acid groups (broad SMARTS) is 1. The van der Waals surface area contributed by atoms with E-state index in [0.29, 0.717) is 19.3 Å². The van der Waals surface area contributed by atoms with E-state index in [9.17, 15) is 22.8 Å². The lowest BCUT2D eigenvalue weighted by atomic mass is 9.76. The maximum Gasteiger partial charge on any atom is 0.471 e. The number of amides is 1. The average molecular weight is 251 g/mol. The molecule has 2 atom stereocenters. The molecule has 0 aliphatic heterocycles. The first-order valence-electron chi connectivity index (χ1n) is 5.39. The second-order valence-electron chi connectivity index (χ2n) is 4.74. The molecule has 17 heavy (non-hydrogen) atoms. The molecule has 2 saturated carbocycles. The highest BCUT2D eigenvalue weighted by Gasteiger charge is 2.52. The number of hydrogen-bond donors (Lipinski definition) is 2. The quantitative estimate of drug-likeness (QED) is 0.791. The molecule has 1 amide bonds. The highest BCUT2D eigenvalue weighted by molar-refractivity contribution is 5.82. The minimum Gasteiger partial charge on any atom is -0.481 e. The second kappa shape index (κ2) is 3.89. The van der Waals surface area contributed by atoms with Crippen LogP contribution in [0, 0.1) is 17.8 Å². The summed E-state index contributed by atoms with van der Waals surface area (Å²) in [6.07, 6.45) is -3.32. The van der Waals surface area contributed by atoms with Crippen LogP contribution in [0.25, 0.3) is 0 Å². The zero-order valence-corrected chi connectivity index (χ0v) is 8.83. The van der Waals surface area contributed by atoms with Gasteiger partial charge in [0.25, 0.3) is 0 Å². The fraction of sp³-hybridized carbons (Fsp3) is 0.800. The Morgan fingerprint density at radius 2 is 1.76 bits per heavy atom. The van der Waals surface area contributed by atoms with Gasteiger partial charge in [-0.1, -0.05) is 0 Å². The van der Waals surface area contributed by atoms with Crippen LogP contribution in [0.1, 0.15) is 19.3 Å². The van der Waals surface area contributed by atoms with Gasteiger partial charge < -0.3 is 10.4 Å². The Bertz CT molecular complexity index is 349. The van der Waals surface area contributed by atoms with Gasteiger partial charge in [0, 0.05) is 6.04 Å². The van der Waals surface area contributed by atoms with E-state index in [2.05, 4.69) is 0 Å². The van der Waals surface area contributed by atoms with Crippen molar-refractivity contribution in [1.29, 1.82) is 0 Å². The third-order valence-electron chi connectivity index (χ3n) is 3.53. The van der Waals surface area contributed by atoms with Gasteiger partial charge in [0.1, 0.15) is 0 Å². The van der Waals surface area contributed by atoms with Crippen LogP contribution in [0.2, 0.25) is 0 Å². The van der Waals surface area contributed by atoms with Gasteiger partial charge >= 0.3 is 18.1 Å². The zero-order valence-electron chi connectivity index (χ0n) is 8.83. The number of alkyl halides is 3. The molecule has 0 aromatic rings. The number of carbonyl (C=O) groups is 2. The van der Waals surface area contributed by atoms with Crippen LogP contribution < -0.4 is 5.32 Å². The van der Waals surface area contributed by atoms with Crippen LogP contribution in [0.15, 0.2) is 0 Å². The van der Waals surface area contributed by atoms with Crippen molar-refractivity contribution in [2.75, 3.05) is 0 Å². The summed E-state index contributed by atoms with van der Waals surface area (Å²) in [6, 6.07) is -0.454. The summed E-state index contributed by atoms with van der Waals surface area (Å²) in [6.45, 7) is 0. The summed E-state index contributed by atoms with van der Waals surface area (Å²) < 4.78 is 35.7. The molecule has 96 valence electrons. The topological polar surface area (TPSA) is 66.4 Å². The van der Waals surface area contributed by atoms with Crippen LogP contribution in [0.3, 0.4) is 0 Å². The smallest absolute Gasteiger partial charge is 0.471 e. The molecule has 2 aliphatic rings. The standard InChI is InChI=1S/C10H12F3NO3/c11-10(12,13)9(17)14-5-1-4(2-5)6-3-7(6)8(15)16/h4-7H,1-3H2,(H,14,17)(H,15,16)/t4?,5?,6?,7-/m1/s1. The van der Waals surface area contributed by atoms with E-state index < -0.39 is 24.1 Å². The van der Waals surface area contributed by atoms with Gasteiger partial charge in [0.2, 0.25) is 0 Å². The van der Waals surface area contributed by atoms with Crippen LogP contribution >= 0.6 is 0 Å². The molecule has 7 heteroatoms. The Labute approximate surface area is 95.2 Å². The predicted molar refractivity (Wildman–Crippen MR) is 49.9 cm³/mol. The Hall–Kier alpha value is -1.27. The average Bonchev–Trinajstić information content (AvgIpc) is 2.87. The highest BCUT2D eigenvalue weighted by Crippen LogP contribution is 2.51. The molecule has 2 rings (SSSR count). The van der Waals surface area contributed by atoms with Gasteiger partial charge in [-0.2, -0.15) is 13.2 Å². The van der Waals surface area contributed by atoms with Crippen LogP contribution in [0.4, 0.5) is 13.2 Å². The van der Waals surface area contributed by atoms with Crippen molar-refractivity contribution in [3.05, 3.63) is 0 Å². The van der Waals surface area contributed by atoms with Crippen LogP contribution in [-0.2, 0) is 9.59 Å². The van der Waals surface area contributed by atoms with E-state index >= 15 is 0 Å². The molecule has 0 aromatic carbocycles. The lowest BCUT2D eigenvalue weighted by molar-refractivity contribution is -0.175. The van der Waals surface area contributed by atoms with Crippen molar-refractivity contribution in [3.8, 4) is 0 Å². The molecule has 0 saturated heterocycles. The molecule has 2 N–H and O–H groups in total. The number of rotatable bonds is 3. The SMILES string of the molecule is O=C(O)[C@@H]1CC1C1CC(NC(=O)C(F)(F)F)C1. The van der Waals surface area contributed by atoms with Crippen molar-refractivity contribution < 1.29 is 27.9 Å². The number of nitrogens with one attached hydrogen (secondary N) is 1. The molecule has 0 heterocycles. The Morgan fingerprint density at radius 3 is 2.18 bits per heavy atom. The molecular weight excluding hydrogens is 239 g/mol. The fourth-order valence-electron chi connectivity index (χ4n) is 2.42. The van der Waals surface area contributed by atoms with E-state index in [1.165, 1.54) is 0 Å². The van der Waals surface area contributed by atoms with Crippen LogP contribution in [-0.4, -0.2) is 29.2 Å². The van der Waals surface area contributed by atoms with Crippen molar-refractivity contribution in [3.63, 3.8) is 0 Å². The van der Waals surface area contributed by atoms with Gasteiger partial charge in [-0.3, -0.25) is 9.59 Å². The third-order valence-corrected chi connectivity index (χ3v) is 3.53. The summed E-state index contributed by atoms with van der Waals surface area (Å²) in [5, 5.41) is 10.6. The minimum absolute atomic E-state index is 0.0894. The molecule has 0 spiro atoms. The number of aliphatic carboxylic acids is 1. The molecule has 2 fully saturated rings. The normalized spacial score (nSPS) is 35.9. The van der Waals surface area contributed by atoms with Gasteiger partial charge in [0.05, 0.1) is 5.92 Å². The second-order valence-corrected chi connectivity index (χ2v) is 4.74. The predicted octanol–water partition coefficient (Wildman–Crippen LogP) is 1.16. The molecule has 0 bridgehead atoms. The first-order chi connectivity index (χ1) is 7.79. The summed E-state index contributed by atoms with van der Waals surface area (Å²) >= 11 is 0. The summed E-state index contributed by atoms with van der Waals surface area (Å²) in [5.74, 6) is -2.84. The first-order valence-corrected chi connectivity index (χ1v) is 5.39. The summed E-state index contributed by atoms with van der Waals surface area (Å²) in [4.78, 5) is 21.2. The molecule has 0 radical (unpaired) electrons. The lowest BCUT2D eigenvalue weighted by Gasteiger charge is -2.36. The van der Waals surface area contributed by atoms with Crippen LogP contribution in [0.5, 0.6) is 0 Å². The molecular formula is C10H12F3NO3. The van der Waals surface area contributed by atoms with E-state index in [1.54, 1.807) is 0 Å². The van der Waals surface area contributed by atoms with Crippen molar-refractivity contribution >= 4 is 11.9 Å². The van der Waals surface area contributed by atoms with Crippen molar-refractivity contribution in [2.24, 2.45) is 17.8 Å². The maximum absolute atomic E-state index is 11.9. The summed E-state index contributed by atoms with van der Waals surface area (Å²) in [7, 11) is 0. The van der Waals surface area contributed by atoms with E-state index in [1.807, 2.05) is 5.32 Å². The van der Waals surface area contributed by atoms with Gasteiger partial charge in [-0.15, -0.1) is 0 Å². The maximum atomic E-state index is 11.9. The van der Waals surface area contributed by atoms with E-state index in [4.69, 9.17) is 5.11 Å². The zero-order chi connectivity index (χ0) is 12.8. The van der Waals surface area contributed by atoms with Crippen molar-refractivity contribution in [2.45, 2.75) is 31.5 Å². The molecule has 0 aromatic heterocycles. The monoisotopic (exact) mass is 251 g/mol. The van der Waals surface area contributed by atoms with Crippen molar-refractivity contribution in [1.82, 2.24) is 5.32 Å². The van der Waals surface area contributed by atoms with Gasteiger partial charge in [-0.25, -0.2) is 0 Å². The van der Waals surface area contributed by atoms with Gasteiger partial charge in [-0.05, 0) is 31.1 Å². The number of hydrogen-bond acceptors (Lipinski definition) is 2. The number of halogens is 3. The first kappa shape index (κ1) is 12.2. The Balaban J connectivity index is 1.70. The lowest BCUT2D eigenvalue weighted by Crippen LogP contribution is -2.49. The van der Waals surface area contributed by atoms with E-state index in [-0.39, 0.29) is 17.8 Å². The summed E-state index contributed by atoms with van der Waals surface area (Å²) in [5.41, 5.74) is 0. The molecule has 2 aliphatic carbocycles. The Kier molecular flexibility index (Phi) is 2.79. The van der Waals surface area contributed by atoms with E-state index in [0.717, 1.165) is 0 Å². The van der Waals surface area contributed by atoms with Gasteiger partial charge in [0.15, 0.2) is 0 Å². The number of carbonyl (C=O) groups excluding carboxylic acids is 1. The number of carboxylic acids is 1. The third kappa shape index (κ3) is 2.53. The largest absolute Gasteiger partial charge is 0.481 e. The Morgan fingerprint density at radius 1 is 1.18 bits per heavy atom. The highest BCUT2D eigenvalue weighted by atomic mass is 19.4. The minimum atomic E-state index is -4.84.